The summed E-state index contributed by atoms with van der Waals surface area (Å²) in [7, 11) is 0. The Bertz CT molecular complexity index is 275. The van der Waals surface area contributed by atoms with E-state index < -0.39 is 0 Å². The summed E-state index contributed by atoms with van der Waals surface area (Å²) < 4.78 is 0. The highest BCUT2D eigenvalue weighted by molar-refractivity contribution is 7.99. The predicted octanol–water partition coefficient (Wildman–Crippen LogP) is 1.91. The first-order chi connectivity index (χ1) is 5.36. The predicted molar refractivity (Wildman–Crippen MR) is 47.3 cm³/mol. The average Bonchev–Trinajstić information content (AvgIpc) is 2.04. The third-order valence-electron chi connectivity index (χ3n) is 1.64. The molecule has 0 aromatic heterocycles. The van der Waals surface area contributed by atoms with E-state index in [9.17, 15) is 0 Å². The van der Waals surface area contributed by atoms with E-state index in [4.69, 9.17) is 5.11 Å². The van der Waals surface area contributed by atoms with E-state index >= 15 is 0 Å². The van der Waals surface area contributed by atoms with E-state index in [0.717, 1.165) is 18.0 Å². The van der Waals surface area contributed by atoms with E-state index in [1.807, 2.05) is 17.8 Å². The van der Waals surface area contributed by atoms with E-state index in [-0.39, 0.29) is 0 Å². The molecule has 0 aliphatic carbocycles. The number of nitrogens with one attached hydrogen (secondary N) is 1. The monoisotopic (exact) mass is 167 g/mol. The summed E-state index contributed by atoms with van der Waals surface area (Å²) in [6.45, 7) is 0.987. The van der Waals surface area contributed by atoms with Gasteiger partial charge in [0, 0.05) is 23.3 Å². The number of aromatic hydroxyl groups is 1. The van der Waals surface area contributed by atoms with Gasteiger partial charge in [-0.3, -0.25) is 0 Å². The van der Waals surface area contributed by atoms with Crippen molar-refractivity contribution < 1.29 is 5.11 Å². The van der Waals surface area contributed by atoms with Gasteiger partial charge in [-0.1, -0.05) is 0 Å². The van der Waals surface area contributed by atoms with Crippen LogP contribution in [0.5, 0.6) is 5.75 Å². The van der Waals surface area contributed by atoms with Gasteiger partial charge in [-0.05, 0) is 12.1 Å². The second-order valence-corrected chi connectivity index (χ2v) is 3.59. The highest BCUT2D eigenvalue weighted by atomic mass is 32.2. The van der Waals surface area contributed by atoms with Crippen molar-refractivity contribution in [1.29, 1.82) is 0 Å². The third kappa shape index (κ3) is 1.28. The van der Waals surface area contributed by atoms with Crippen molar-refractivity contribution in [3.05, 3.63) is 18.2 Å². The number of rotatable bonds is 0. The molecule has 2 nitrogen and oxygen atoms in total. The first-order valence-corrected chi connectivity index (χ1v) is 4.54. The average molecular weight is 167 g/mol. The highest BCUT2D eigenvalue weighted by Gasteiger charge is 2.07. The molecule has 0 saturated heterocycles. The quantitative estimate of drug-likeness (QED) is 0.619. The number of fused-ring (bicyclic) bond motifs is 1. The Morgan fingerprint density at radius 2 is 2.36 bits per heavy atom. The molecule has 2 rings (SSSR count). The summed E-state index contributed by atoms with van der Waals surface area (Å²) in [6, 6.07) is 5.43. The fraction of sp³-hybridized carbons (Fsp3) is 0.250. The SMILES string of the molecule is Oc1ccc2c(c1)NCCS2. The maximum Gasteiger partial charge on any atom is 0.117 e. The summed E-state index contributed by atoms with van der Waals surface area (Å²) in [6.07, 6.45) is 0. The zero-order valence-electron chi connectivity index (χ0n) is 6.00. The molecule has 0 fully saturated rings. The number of phenols is 1. The summed E-state index contributed by atoms with van der Waals surface area (Å²) >= 11 is 1.82. The van der Waals surface area contributed by atoms with Gasteiger partial charge in [0.2, 0.25) is 0 Å². The maximum absolute atomic E-state index is 9.14. The molecule has 0 amide bonds. The van der Waals surface area contributed by atoms with Crippen LogP contribution in [0.2, 0.25) is 0 Å². The normalized spacial score (nSPS) is 15.3. The summed E-state index contributed by atoms with van der Waals surface area (Å²) in [4.78, 5) is 1.23. The number of benzene rings is 1. The lowest BCUT2D eigenvalue weighted by atomic mass is 10.3. The van der Waals surface area contributed by atoms with Gasteiger partial charge in [0.05, 0.1) is 5.69 Å². The third-order valence-corrected chi connectivity index (χ3v) is 2.71. The zero-order chi connectivity index (χ0) is 7.68. The Balaban J connectivity index is 2.43. The molecule has 0 atom stereocenters. The van der Waals surface area contributed by atoms with Crippen LogP contribution in [0.4, 0.5) is 5.69 Å². The minimum atomic E-state index is 0.332. The van der Waals surface area contributed by atoms with Crippen molar-refractivity contribution in [2.75, 3.05) is 17.6 Å². The van der Waals surface area contributed by atoms with E-state index in [1.165, 1.54) is 4.90 Å². The van der Waals surface area contributed by atoms with Crippen molar-refractivity contribution in [3.8, 4) is 5.75 Å². The molecule has 0 bridgehead atoms. The Morgan fingerprint density at radius 3 is 3.27 bits per heavy atom. The van der Waals surface area contributed by atoms with Crippen molar-refractivity contribution in [3.63, 3.8) is 0 Å². The Hall–Kier alpha value is -0.830. The lowest BCUT2D eigenvalue weighted by Crippen LogP contribution is -2.09. The number of thioether (sulfide) groups is 1. The summed E-state index contributed by atoms with van der Waals surface area (Å²) in [5, 5.41) is 12.4. The molecular weight excluding hydrogens is 158 g/mol. The van der Waals surface area contributed by atoms with Crippen molar-refractivity contribution in [2.24, 2.45) is 0 Å². The van der Waals surface area contributed by atoms with Gasteiger partial charge in [-0.2, -0.15) is 0 Å². The van der Waals surface area contributed by atoms with Crippen molar-refractivity contribution in [2.45, 2.75) is 4.90 Å². The molecule has 0 spiro atoms. The zero-order valence-corrected chi connectivity index (χ0v) is 6.82. The molecule has 0 unspecified atom stereocenters. The fourth-order valence-electron chi connectivity index (χ4n) is 1.13. The first kappa shape index (κ1) is 6.85. The Morgan fingerprint density at radius 1 is 1.45 bits per heavy atom. The fourth-order valence-corrected chi connectivity index (χ4v) is 2.00. The topological polar surface area (TPSA) is 32.3 Å². The van der Waals surface area contributed by atoms with Crippen LogP contribution < -0.4 is 5.32 Å². The molecule has 0 saturated carbocycles. The van der Waals surface area contributed by atoms with Crippen LogP contribution in [0.15, 0.2) is 23.1 Å². The number of anilines is 1. The standard InChI is InChI=1S/C8H9NOS/c10-6-1-2-8-7(5-6)9-3-4-11-8/h1-2,5,9-10H,3-4H2. The number of hydrogen-bond acceptors (Lipinski definition) is 3. The Labute approximate surface area is 69.6 Å². The van der Waals surface area contributed by atoms with Crippen molar-refractivity contribution in [1.82, 2.24) is 0 Å². The molecule has 58 valence electrons. The van der Waals surface area contributed by atoms with Gasteiger partial charge < -0.3 is 10.4 Å². The van der Waals surface area contributed by atoms with Gasteiger partial charge in [0.25, 0.3) is 0 Å². The van der Waals surface area contributed by atoms with E-state index in [1.54, 1.807) is 12.1 Å². The van der Waals surface area contributed by atoms with E-state index in [0.29, 0.717) is 5.75 Å². The molecule has 1 aliphatic rings. The smallest absolute Gasteiger partial charge is 0.117 e. The molecule has 1 heterocycles. The first-order valence-electron chi connectivity index (χ1n) is 3.56. The maximum atomic E-state index is 9.14. The largest absolute Gasteiger partial charge is 0.508 e. The summed E-state index contributed by atoms with van der Waals surface area (Å²) in [5.74, 6) is 1.44. The van der Waals surface area contributed by atoms with Crippen LogP contribution in [0, 0.1) is 0 Å². The second-order valence-electron chi connectivity index (χ2n) is 2.46. The summed E-state index contributed by atoms with van der Waals surface area (Å²) in [5.41, 5.74) is 1.06. The van der Waals surface area contributed by atoms with Crippen LogP contribution in [0.1, 0.15) is 0 Å². The molecule has 3 heteroatoms. The van der Waals surface area contributed by atoms with Gasteiger partial charge in [0.1, 0.15) is 5.75 Å². The van der Waals surface area contributed by atoms with E-state index in [2.05, 4.69) is 5.32 Å². The van der Waals surface area contributed by atoms with Crippen LogP contribution in [-0.2, 0) is 0 Å². The number of phenolic OH excluding ortho intramolecular Hbond substituents is 1. The minimum Gasteiger partial charge on any atom is -0.508 e. The van der Waals surface area contributed by atoms with Crippen LogP contribution >= 0.6 is 11.8 Å². The van der Waals surface area contributed by atoms with Gasteiger partial charge >= 0.3 is 0 Å². The van der Waals surface area contributed by atoms with Crippen LogP contribution in [-0.4, -0.2) is 17.4 Å². The second kappa shape index (κ2) is 2.66. The molecule has 11 heavy (non-hydrogen) atoms. The van der Waals surface area contributed by atoms with Gasteiger partial charge in [0.15, 0.2) is 0 Å². The van der Waals surface area contributed by atoms with Crippen LogP contribution in [0.3, 0.4) is 0 Å². The molecule has 1 aromatic carbocycles. The van der Waals surface area contributed by atoms with Gasteiger partial charge in [-0.25, -0.2) is 0 Å². The molecule has 0 radical (unpaired) electrons. The molecular formula is C8H9NOS. The number of hydrogen-bond donors (Lipinski definition) is 2. The molecule has 2 N–H and O–H groups in total. The lowest BCUT2D eigenvalue weighted by molar-refractivity contribution is 0.475. The van der Waals surface area contributed by atoms with Crippen LogP contribution in [0.25, 0.3) is 0 Å². The molecule has 1 aliphatic heterocycles. The highest BCUT2D eigenvalue weighted by Crippen LogP contribution is 2.32. The Kier molecular flexibility index (Phi) is 1.66. The molecule has 1 aromatic rings. The van der Waals surface area contributed by atoms with Crippen molar-refractivity contribution >= 4 is 17.4 Å². The lowest BCUT2D eigenvalue weighted by Gasteiger charge is -2.16. The van der Waals surface area contributed by atoms with Gasteiger partial charge in [-0.15, -0.1) is 11.8 Å². The minimum absolute atomic E-state index is 0.332.